The van der Waals surface area contributed by atoms with Crippen molar-refractivity contribution in [2.75, 3.05) is 24.6 Å². The minimum Gasteiger partial charge on any atom is -0.370 e. The molecule has 1 aromatic rings. The van der Waals surface area contributed by atoms with Gasteiger partial charge in [0.2, 0.25) is 0 Å². The molecule has 4 N–H and O–H groups in total. The standard InChI is InChI=1S/C11H21N5S/c1-2-17-7-6-15-11(12)14-5-3-4-10-8-13-9-16-10/h8-9H,2-7H2,1H3,(H,13,16)(H3,12,14,15). The van der Waals surface area contributed by atoms with Gasteiger partial charge in [0.15, 0.2) is 5.96 Å². The van der Waals surface area contributed by atoms with E-state index in [1.807, 2.05) is 18.0 Å². The number of imidazole rings is 1. The van der Waals surface area contributed by atoms with Crippen molar-refractivity contribution in [1.82, 2.24) is 15.3 Å². The Morgan fingerprint density at radius 1 is 1.65 bits per heavy atom. The average molecular weight is 255 g/mol. The lowest BCUT2D eigenvalue weighted by Gasteiger charge is -2.04. The van der Waals surface area contributed by atoms with Gasteiger partial charge < -0.3 is 16.0 Å². The molecular formula is C11H21N5S. The van der Waals surface area contributed by atoms with E-state index in [-0.39, 0.29) is 0 Å². The third kappa shape index (κ3) is 6.88. The number of H-pyrrole nitrogens is 1. The Morgan fingerprint density at radius 3 is 3.24 bits per heavy atom. The number of nitrogens with zero attached hydrogens (tertiary/aromatic N) is 2. The minimum absolute atomic E-state index is 0.548. The van der Waals surface area contributed by atoms with Crippen molar-refractivity contribution in [3.8, 4) is 0 Å². The molecule has 0 saturated carbocycles. The van der Waals surface area contributed by atoms with Gasteiger partial charge in [0.05, 0.1) is 6.33 Å². The van der Waals surface area contributed by atoms with Gasteiger partial charge in [-0.2, -0.15) is 11.8 Å². The molecule has 0 radical (unpaired) electrons. The smallest absolute Gasteiger partial charge is 0.188 e. The number of nitrogens with one attached hydrogen (secondary N) is 2. The summed E-state index contributed by atoms with van der Waals surface area (Å²) in [6.45, 7) is 3.78. The highest BCUT2D eigenvalue weighted by atomic mass is 32.2. The van der Waals surface area contributed by atoms with E-state index < -0.39 is 0 Å². The van der Waals surface area contributed by atoms with Gasteiger partial charge in [0.25, 0.3) is 0 Å². The first kappa shape index (κ1) is 13.9. The largest absolute Gasteiger partial charge is 0.370 e. The van der Waals surface area contributed by atoms with E-state index in [9.17, 15) is 0 Å². The Labute approximate surface area is 107 Å². The molecule has 5 nitrogen and oxygen atoms in total. The van der Waals surface area contributed by atoms with Gasteiger partial charge >= 0.3 is 0 Å². The highest BCUT2D eigenvalue weighted by Gasteiger charge is 1.94. The number of hydrogen-bond acceptors (Lipinski definition) is 3. The lowest BCUT2D eigenvalue weighted by Crippen LogP contribution is -2.33. The van der Waals surface area contributed by atoms with Crippen LogP contribution in [0.25, 0.3) is 0 Å². The summed E-state index contributed by atoms with van der Waals surface area (Å²) < 4.78 is 0. The maximum absolute atomic E-state index is 5.72. The van der Waals surface area contributed by atoms with Crippen molar-refractivity contribution in [3.63, 3.8) is 0 Å². The van der Waals surface area contributed by atoms with Crippen LogP contribution in [0.15, 0.2) is 17.5 Å². The molecule has 0 aliphatic carbocycles. The highest BCUT2D eigenvalue weighted by Crippen LogP contribution is 1.97. The van der Waals surface area contributed by atoms with Crippen molar-refractivity contribution in [3.05, 3.63) is 18.2 Å². The third-order valence-electron chi connectivity index (χ3n) is 2.20. The fourth-order valence-corrected chi connectivity index (χ4v) is 1.88. The zero-order chi connectivity index (χ0) is 12.3. The van der Waals surface area contributed by atoms with Crippen molar-refractivity contribution in [2.45, 2.75) is 19.8 Å². The molecule has 1 rings (SSSR count). The molecule has 0 bridgehead atoms. The molecule has 1 heterocycles. The summed E-state index contributed by atoms with van der Waals surface area (Å²) in [7, 11) is 0. The van der Waals surface area contributed by atoms with Crippen LogP contribution in [-0.4, -0.2) is 40.5 Å². The first-order valence-electron chi connectivity index (χ1n) is 5.91. The predicted octanol–water partition coefficient (Wildman–Crippen LogP) is 1.000. The lowest BCUT2D eigenvalue weighted by molar-refractivity contribution is 0.806. The number of rotatable bonds is 8. The fourth-order valence-electron chi connectivity index (χ4n) is 1.34. The summed E-state index contributed by atoms with van der Waals surface area (Å²) in [6.07, 6.45) is 5.48. The van der Waals surface area contributed by atoms with Crippen molar-refractivity contribution in [2.24, 2.45) is 10.7 Å². The van der Waals surface area contributed by atoms with E-state index in [0.29, 0.717) is 5.96 Å². The van der Waals surface area contributed by atoms with E-state index in [4.69, 9.17) is 5.73 Å². The Hall–Kier alpha value is -1.17. The molecule has 96 valence electrons. The molecule has 0 unspecified atom stereocenters. The third-order valence-corrected chi connectivity index (χ3v) is 3.10. The van der Waals surface area contributed by atoms with Crippen LogP contribution in [0, 0.1) is 0 Å². The van der Waals surface area contributed by atoms with Gasteiger partial charge in [-0.25, -0.2) is 4.98 Å². The van der Waals surface area contributed by atoms with Crippen molar-refractivity contribution >= 4 is 17.7 Å². The summed E-state index contributed by atoms with van der Waals surface area (Å²) in [5.41, 5.74) is 6.87. The SMILES string of the molecule is CCSCCNC(N)=NCCCc1cnc[nH]1. The molecular weight excluding hydrogens is 234 g/mol. The number of nitrogens with two attached hydrogens (primary N) is 1. The summed E-state index contributed by atoms with van der Waals surface area (Å²) in [4.78, 5) is 11.3. The molecule has 0 saturated heterocycles. The number of aromatic amines is 1. The van der Waals surface area contributed by atoms with Gasteiger partial charge in [-0.05, 0) is 18.6 Å². The maximum atomic E-state index is 5.72. The number of aliphatic imine (C=N–C) groups is 1. The predicted molar refractivity (Wildman–Crippen MR) is 74.4 cm³/mol. The number of guanidine groups is 1. The van der Waals surface area contributed by atoms with Gasteiger partial charge in [0, 0.05) is 30.7 Å². The first-order valence-corrected chi connectivity index (χ1v) is 7.07. The Kier molecular flexibility index (Phi) is 7.29. The van der Waals surface area contributed by atoms with Crippen LogP contribution in [0.5, 0.6) is 0 Å². The van der Waals surface area contributed by atoms with E-state index in [1.165, 1.54) is 0 Å². The number of thioether (sulfide) groups is 1. The molecule has 6 heteroatoms. The lowest BCUT2D eigenvalue weighted by atomic mass is 10.2. The second-order valence-electron chi connectivity index (χ2n) is 3.57. The van der Waals surface area contributed by atoms with Crippen LogP contribution in [-0.2, 0) is 6.42 Å². The topological polar surface area (TPSA) is 79.1 Å². The van der Waals surface area contributed by atoms with Crippen LogP contribution in [0.3, 0.4) is 0 Å². The molecule has 0 aliphatic heterocycles. The minimum atomic E-state index is 0.548. The quantitative estimate of drug-likeness (QED) is 0.368. The molecule has 0 spiro atoms. The normalized spacial score (nSPS) is 11.7. The molecule has 0 amide bonds. The van der Waals surface area contributed by atoms with E-state index >= 15 is 0 Å². The van der Waals surface area contributed by atoms with Gasteiger partial charge in [0.1, 0.15) is 0 Å². The number of aryl methyl sites for hydroxylation is 1. The van der Waals surface area contributed by atoms with Crippen LogP contribution in [0.4, 0.5) is 0 Å². The average Bonchev–Trinajstić information content (AvgIpc) is 2.83. The van der Waals surface area contributed by atoms with Crippen LogP contribution in [0.1, 0.15) is 19.0 Å². The number of aromatic nitrogens is 2. The van der Waals surface area contributed by atoms with Crippen LogP contribution in [0.2, 0.25) is 0 Å². The second kappa shape index (κ2) is 8.92. The Morgan fingerprint density at radius 2 is 2.53 bits per heavy atom. The summed E-state index contributed by atoms with van der Waals surface area (Å²) in [5, 5.41) is 3.10. The van der Waals surface area contributed by atoms with E-state index in [1.54, 1.807) is 6.33 Å². The fraction of sp³-hybridized carbons (Fsp3) is 0.636. The van der Waals surface area contributed by atoms with E-state index in [0.717, 1.165) is 43.1 Å². The molecule has 0 aliphatic rings. The van der Waals surface area contributed by atoms with Crippen molar-refractivity contribution in [1.29, 1.82) is 0 Å². The molecule has 17 heavy (non-hydrogen) atoms. The Bertz CT molecular complexity index is 310. The monoisotopic (exact) mass is 255 g/mol. The van der Waals surface area contributed by atoms with Gasteiger partial charge in [-0.15, -0.1) is 0 Å². The van der Waals surface area contributed by atoms with Crippen LogP contribution < -0.4 is 11.1 Å². The molecule has 0 aromatic carbocycles. The first-order chi connectivity index (χ1) is 8.33. The summed E-state index contributed by atoms with van der Waals surface area (Å²) >= 11 is 1.89. The molecule has 1 aromatic heterocycles. The second-order valence-corrected chi connectivity index (χ2v) is 4.96. The highest BCUT2D eigenvalue weighted by molar-refractivity contribution is 7.99. The van der Waals surface area contributed by atoms with Crippen molar-refractivity contribution < 1.29 is 0 Å². The molecule has 0 atom stereocenters. The summed E-state index contributed by atoms with van der Waals surface area (Å²) in [5.74, 6) is 2.76. The van der Waals surface area contributed by atoms with Gasteiger partial charge in [-0.1, -0.05) is 6.92 Å². The zero-order valence-corrected chi connectivity index (χ0v) is 11.1. The number of hydrogen-bond donors (Lipinski definition) is 3. The molecule has 0 fully saturated rings. The zero-order valence-electron chi connectivity index (χ0n) is 10.3. The van der Waals surface area contributed by atoms with E-state index in [2.05, 4.69) is 27.2 Å². The van der Waals surface area contributed by atoms with Crippen LogP contribution >= 0.6 is 11.8 Å². The maximum Gasteiger partial charge on any atom is 0.188 e. The summed E-state index contributed by atoms with van der Waals surface area (Å²) in [6, 6.07) is 0. The Balaban J connectivity index is 2.03. The van der Waals surface area contributed by atoms with Gasteiger partial charge in [-0.3, -0.25) is 4.99 Å².